The third-order valence-corrected chi connectivity index (χ3v) is 6.35. The molecule has 0 saturated heterocycles. The fourth-order valence-electron chi connectivity index (χ4n) is 2.68. The van der Waals surface area contributed by atoms with E-state index in [1.807, 2.05) is 36.4 Å². The first kappa shape index (κ1) is 15.2. The molecule has 0 aliphatic carbocycles. The smallest absolute Gasteiger partial charge is 0.130 e. The molecule has 1 atom stereocenters. The van der Waals surface area contributed by atoms with E-state index in [0.717, 1.165) is 25.8 Å². The van der Waals surface area contributed by atoms with Gasteiger partial charge in [0.05, 0.1) is 4.21 Å². The molecule has 3 nitrogen and oxygen atoms in total. The Morgan fingerprint density at radius 3 is 2.61 bits per heavy atom. The summed E-state index contributed by atoms with van der Waals surface area (Å²) in [5.41, 5.74) is 1.85. The summed E-state index contributed by atoms with van der Waals surface area (Å²) in [4.78, 5) is 5.19. The molecule has 1 aliphatic rings. The molecule has 4 rings (SSSR count). The number of aromatic nitrogens is 1. The standard InChI is InChI=1S/C17H13ClN2OS2/c18-13-3-1-12(2-4-13)17(21)10-20-23-16-14(17)9-15(22-16)11-5-7-19-8-6-11/h1-9,20-21H,10H2. The maximum Gasteiger partial charge on any atom is 0.130 e. The Hall–Kier alpha value is -1.37. The number of nitrogens with zero attached hydrogens (tertiary/aromatic N) is 1. The van der Waals surface area contributed by atoms with Crippen molar-refractivity contribution in [3.05, 3.63) is 71.0 Å². The molecular formula is C17H13ClN2OS2. The van der Waals surface area contributed by atoms with Crippen LogP contribution in [0, 0.1) is 0 Å². The first-order valence-electron chi connectivity index (χ1n) is 7.10. The van der Waals surface area contributed by atoms with Crippen molar-refractivity contribution in [1.29, 1.82) is 0 Å². The van der Waals surface area contributed by atoms with Crippen LogP contribution in [-0.2, 0) is 5.60 Å². The van der Waals surface area contributed by atoms with Crippen LogP contribution in [0.1, 0.15) is 11.1 Å². The van der Waals surface area contributed by atoms with Gasteiger partial charge in [-0.15, -0.1) is 11.3 Å². The Morgan fingerprint density at radius 1 is 1.13 bits per heavy atom. The van der Waals surface area contributed by atoms with E-state index >= 15 is 0 Å². The van der Waals surface area contributed by atoms with E-state index in [9.17, 15) is 5.11 Å². The number of hydrogen-bond acceptors (Lipinski definition) is 5. The maximum atomic E-state index is 11.3. The molecule has 3 heterocycles. The molecule has 6 heteroatoms. The second-order valence-corrected chi connectivity index (χ2v) is 7.99. The van der Waals surface area contributed by atoms with E-state index < -0.39 is 5.60 Å². The van der Waals surface area contributed by atoms with E-state index in [-0.39, 0.29) is 0 Å². The summed E-state index contributed by atoms with van der Waals surface area (Å²) >= 11 is 9.22. The number of thiophene rings is 1. The van der Waals surface area contributed by atoms with Gasteiger partial charge in [0, 0.05) is 34.4 Å². The highest BCUT2D eigenvalue weighted by Crippen LogP contribution is 2.46. The SMILES string of the molecule is OC1(c2ccc(Cl)cc2)CNSc2sc(-c3ccncc3)cc21. The molecule has 0 fully saturated rings. The predicted octanol–water partition coefficient (Wildman–Crippen LogP) is 4.31. The van der Waals surface area contributed by atoms with Crippen LogP contribution in [0.3, 0.4) is 0 Å². The van der Waals surface area contributed by atoms with Crippen LogP contribution < -0.4 is 4.72 Å². The first-order chi connectivity index (χ1) is 11.2. The fraction of sp³-hybridized carbons (Fsp3) is 0.118. The second kappa shape index (κ2) is 5.92. The molecule has 0 amide bonds. The van der Waals surface area contributed by atoms with E-state index in [2.05, 4.69) is 15.8 Å². The number of rotatable bonds is 2. The minimum absolute atomic E-state index is 0.457. The average molecular weight is 361 g/mol. The highest BCUT2D eigenvalue weighted by molar-refractivity contribution is 7.99. The second-order valence-electron chi connectivity index (χ2n) is 5.34. The third-order valence-electron chi connectivity index (χ3n) is 3.92. The molecule has 1 aromatic carbocycles. The van der Waals surface area contributed by atoms with Gasteiger partial charge in [-0.05, 0) is 53.4 Å². The zero-order chi connectivity index (χ0) is 15.9. The largest absolute Gasteiger partial charge is 0.379 e. The monoisotopic (exact) mass is 360 g/mol. The van der Waals surface area contributed by atoms with E-state index in [1.165, 1.54) is 0 Å². The van der Waals surface area contributed by atoms with Crippen molar-refractivity contribution in [3.63, 3.8) is 0 Å². The first-order valence-corrected chi connectivity index (χ1v) is 9.11. The van der Waals surface area contributed by atoms with Gasteiger partial charge in [0.25, 0.3) is 0 Å². The molecule has 0 spiro atoms. The maximum absolute atomic E-state index is 11.3. The molecule has 0 bridgehead atoms. The summed E-state index contributed by atoms with van der Waals surface area (Å²) in [7, 11) is 0. The van der Waals surface area contributed by atoms with Crippen LogP contribution in [0.25, 0.3) is 10.4 Å². The Kier molecular flexibility index (Phi) is 3.91. The number of halogens is 1. The van der Waals surface area contributed by atoms with E-state index in [0.29, 0.717) is 11.6 Å². The zero-order valence-electron chi connectivity index (χ0n) is 12.0. The Labute approximate surface area is 147 Å². The molecule has 3 aromatic rings. The number of benzene rings is 1. The van der Waals surface area contributed by atoms with Crippen molar-refractivity contribution < 1.29 is 5.11 Å². The van der Waals surface area contributed by atoms with Crippen LogP contribution in [0.5, 0.6) is 0 Å². The van der Waals surface area contributed by atoms with Gasteiger partial charge < -0.3 is 5.11 Å². The summed E-state index contributed by atoms with van der Waals surface area (Å²) in [6, 6.07) is 13.4. The summed E-state index contributed by atoms with van der Waals surface area (Å²) in [5.74, 6) is 0. The highest BCUT2D eigenvalue weighted by Gasteiger charge is 2.38. The molecular weight excluding hydrogens is 348 g/mol. The van der Waals surface area contributed by atoms with E-state index in [4.69, 9.17) is 11.6 Å². The van der Waals surface area contributed by atoms with Crippen molar-refractivity contribution in [3.8, 4) is 10.4 Å². The van der Waals surface area contributed by atoms with Crippen LogP contribution in [0.2, 0.25) is 5.02 Å². The van der Waals surface area contributed by atoms with Crippen LogP contribution in [-0.4, -0.2) is 16.6 Å². The molecule has 0 saturated carbocycles. The average Bonchev–Trinajstić information content (AvgIpc) is 3.02. The van der Waals surface area contributed by atoms with Gasteiger partial charge in [0.2, 0.25) is 0 Å². The van der Waals surface area contributed by atoms with Crippen molar-refractivity contribution in [2.75, 3.05) is 6.54 Å². The minimum Gasteiger partial charge on any atom is -0.379 e. The summed E-state index contributed by atoms with van der Waals surface area (Å²) in [5, 5.41) is 12.0. The summed E-state index contributed by atoms with van der Waals surface area (Å²) in [6.45, 7) is 0.457. The van der Waals surface area contributed by atoms with Gasteiger partial charge in [0.15, 0.2) is 0 Å². The van der Waals surface area contributed by atoms with Gasteiger partial charge in [-0.2, -0.15) is 0 Å². The quantitative estimate of drug-likeness (QED) is 0.668. The lowest BCUT2D eigenvalue weighted by Gasteiger charge is -2.32. The van der Waals surface area contributed by atoms with Crippen LogP contribution in [0.4, 0.5) is 0 Å². The van der Waals surface area contributed by atoms with Crippen molar-refractivity contribution in [1.82, 2.24) is 9.71 Å². The topological polar surface area (TPSA) is 45.1 Å². The zero-order valence-corrected chi connectivity index (χ0v) is 14.4. The lowest BCUT2D eigenvalue weighted by Crippen LogP contribution is -2.39. The normalized spacial score (nSPS) is 20.3. The number of nitrogens with one attached hydrogen (secondary N) is 1. The van der Waals surface area contributed by atoms with Crippen molar-refractivity contribution in [2.24, 2.45) is 0 Å². The predicted molar refractivity (Wildman–Crippen MR) is 95.9 cm³/mol. The van der Waals surface area contributed by atoms with Crippen LogP contribution >= 0.6 is 34.9 Å². The Balaban J connectivity index is 1.82. The molecule has 2 N–H and O–H groups in total. The highest BCUT2D eigenvalue weighted by atomic mass is 35.5. The lowest BCUT2D eigenvalue weighted by atomic mass is 9.87. The number of aliphatic hydroxyl groups is 1. The van der Waals surface area contributed by atoms with Crippen LogP contribution in [0.15, 0.2) is 59.1 Å². The van der Waals surface area contributed by atoms with Gasteiger partial charge in [-0.25, -0.2) is 0 Å². The molecule has 1 unspecified atom stereocenters. The van der Waals surface area contributed by atoms with Crippen molar-refractivity contribution >= 4 is 34.9 Å². The summed E-state index contributed by atoms with van der Waals surface area (Å²) in [6.07, 6.45) is 3.57. The summed E-state index contributed by atoms with van der Waals surface area (Å²) < 4.78 is 4.32. The van der Waals surface area contributed by atoms with Gasteiger partial charge in [-0.3, -0.25) is 9.71 Å². The number of β-amino-alcohol motifs (C(OH)–C–C–N with tert-alkyl or cyclic N) is 1. The molecule has 2 aromatic heterocycles. The van der Waals surface area contributed by atoms with Gasteiger partial charge >= 0.3 is 0 Å². The lowest BCUT2D eigenvalue weighted by molar-refractivity contribution is 0.0827. The Bertz CT molecular complexity index is 836. The number of fused-ring (bicyclic) bond motifs is 1. The van der Waals surface area contributed by atoms with E-state index in [1.54, 1.807) is 35.7 Å². The van der Waals surface area contributed by atoms with Crippen molar-refractivity contribution in [2.45, 2.75) is 9.81 Å². The fourth-order valence-corrected chi connectivity index (χ4v) is 5.14. The molecule has 116 valence electrons. The van der Waals surface area contributed by atoms with Gasteiger partial charge in [-0.1, -0.05) is 23.7 Å². The minimum atomic E-state index is -1.05. The third kappa shape index (κ3) is 2.69. The number of pyridine rings is 1. The number of hydrogen-bond donors (Lipinski definition) is 2. The van der Waals surface area contributed by atoms with Gasteiger partial charge in [0.1, 0.15) is 5.60 Å². The molecule has 1 aliphatic heterocycles. The Morgan fingerprint density at radius 2 is 1.87 bits per heavy atom. The molecule has 0 radical (unpaired) electrons. The molecule has 23 heavy (non-hydrogen) atoms.